The monoisotopic (exact) mass is 145 g/mol. The van der Waals surface area contributed by atoms with Crippen LogP contribution in [-0.4, -0.2) is 25.5 Å². The Hall–Kier alpha value is -1.06. The highest BCUT2D eigenvalue weighted by atomic mass is 16.5. The molecule has 0 aromatic rings. The van der Waals surface area contributed by atoms with Gasteiger partial charge in [0.2, 0.25) is 6.41 Å². The standard InChI is InChI=1S/C6H11NO3/c1-3-5(7-4-8)6(9)10-2/h4-5H,3H2,1-2H3,(H,7,8). The fourth-order valence-electron chi connectivity index (χ4n) is 0.577. The Morgan fingerprint density at radius 3 is 2.70 bits per heavy atom. The van der Waals surface area contributed by atoms with Crippen LogP contribution in [-0.2, 0) is 14.3 Å². The summed E-state index contributed by atoms with van der Waals surface area (Å²) in [5, 5.41) is 2.33. The molecule has 0 aromatic heterocycles. The van der Waals surface area contributed by atoms with Crippen molar-refractivity contribution in [2.24, 2.45) is 0 Å². The van der Waals surface area contributed by atoms with E-state index in [0.717, 1.165) is 0 Å². The maximum absolute atomic E-state index is 10.7. The number of hydrogen-bond donors (Lipinski definition) is 1. The van der Waals surface area contributed by atoms with Crippen LogP contribution in [0.5, 0.6) is 0 Å². The van der Waals surface area contributed by atoms with Gasteiger partial charge in [-0.25, -0.2) is 4.79 Å². The topological polar surface area (TPSA) is 55.4 Å². The summed E-state index contributed by atoms with van der Waals surface area (Å²) in [6.07, 6.45) is 1.04. The minimum absolute atomic E-state index is 0.408. The Bertz CT molecular complexity index is 124. The van der Waals surface area contributed by atoms with E-state index in [2.05, 4.69) is 10.1 Å². The van der Waals surface area contributed by atoms with Crippen molar-refractivity contribution in [3.8, 4) is 0 Å². The highest BCUT2D eigenvalue weighted by Gasteiger charge is 2.14. The number of methoxy groups -OCH3 is 1. The molecular formula is C6H11NO3. The largest absolute Gasteiger partial charge is 0.467 e. The molecule has 0 aliphatic carbocycles. The lowest BCUT2D eigenvalue weighted by molar-refractivity contribution is -0.144. The van der Waals surface area contributed by atoms with Crippen molar-refractivity contribution < 1.29 is 14.3 Å². The summed E-state index contributed by atoms with van der Waals surface area (Å²) in [5.41, 5.74) is 0. The average Bonchev–Trinajstić information content (AvgIpc) is 1.99. The van der Waals surface area contributed by atoms with Gasteiger partial charge in [-0.3, -0.25) is 4.79 Å². The van der Waals surface area contributed by atoms with Crippen molar-refractivity contribution in [3.63, 3.8) is 0 Å². The summed E-state index contributed by atoms with van der Waals surface area (Å²) in [6, 6.07) is -0.498. The van der Waals surface area contributed by atoms with Crippen LogP contribution in [0.3, 0.4) is 0 Å². The lowest BCUT2D eigenvalue weighted by atomic mass is 10.2. The average molecular weight is 145 g/mol. The second kappa shape index (κ2) is 4.78. The van der Waals surface area contributed by atoms with Crippen molar-refractivity contribution in [2.75, 3.05) is 7.11 Å². The Balaban J connectivity index is 3.79. The summed E-state index contributed by atoms with van der Waals surface area (Å²) < 4.78 is 4.40. The van der Waals surface area contributed by atoms with Crippen LogP contribution in [0.1, 0.15) is 13.3 Å². The van der Waals surface area contributed by atoms with Gasteiger partial charge in [-0.1, -0.05) is 6.92 Å². The predicted molar refractivity (Wildman–Crippen MR) is 35.3 cm³/mol. The zero-order chi connectivity index (χ0) is 7.98. The van der Waals surface area contributed by atoms with Gasteiger partial charge in [0.05, 0.1) is 7.11 Å². The molecule has 1 atom stereocenters. The minimum atomic E-state index is -0.498. The highest BCUT2D eigenvalue weighted by molar-refractivity contribution is 5.77. The molecule has 0 aliphatic rings. The van der Waals surface area contributed by atoms with E-state index >= 15 is 0 Å². The molecule has 58 valence electrons. The van der Waals surface area contributed by atoms with Crippen LogP contribution >= 0.6 is 0 Å². The number of nitrogens with one attached hydrogen (secondary N) is 1. The molecule has 0 bridgehead atoms. The third kappa shape index (κ3) is 2.48. The van der Waals surface area contributed by atoms with Gasteiger partial charge < -0.3 is 10.1 Å². The van der Waals surface area contributed by atoms with Crippen molar-refractivity contribution in [3.05, 3.63) is 0 Å². The minimum Gasteiger partial charge on any atom is -0.467 e. The first kappa shape index (κ1) is 8.94. The number of carbonyl (C=O) groups is 2. The third-order valence-electron chi connectivity index (χ3n) is 1.16. The van der Waals surface area contributed by atoms with Crippen LogP contribution in [0.2, 0.25) is 0 Å². The molecule has 0 heterocycles. The van der Waals surface area contributed by atoms with E-state index in [-0.39, 0.29) is 0 Å². The molecule has 4 nitrogen and oxygen atoms in total. The first-order valence-corrected chi connectivity index (χ1v) is 3.03. The number of amides is 1. The fraction of sp³-hybridized carbons (Fsp3) is 0.667. The Kier molecular flexibility index (Phi) is 4.28. The highest BCUT2D eigenvalue weighted by Crippen LogP contribution is 1.91. The van der Waals surface area contributed by atoms with Gasteiger partial charge in [0.1, 0.15) is 6.04 Å². The van der Waals surface area contributed by atoms with E-state index in [0.29, 0.717) is 12.8 Å². The number of hydrogen-bond acceptors (Lipinski definition) is 3. The number of ether oxygens (including phenoxy) is 1. The number of carbonyl (C=O) groups excluding carboxylic acids is 2. The maximum atomic E-state index is 10.7. The lowest BCUT2D eigenvalue weighted by Gasteiger charge is -2.09. The van der Waals surface area contributed by atoms with E-state index in [9.17, 15) is 9.59 Å². The molecule has 0 fully saturated rings. The molecule has 0 radical (unpaired) electrons. The Morgan fingerprint density at radius 1 is 1.80 bits per heavy atom. The normalized spacial score (nSPS) is 11.8. The van der Waals surface area contributed by atoms with Crippen molar-refractivity contribution in [1.29, 1.82) is 0 Å². The van der Waals surface area contributed by atoms with E-state index < -0.39 is 12.0 Å². The van der Waals surface area contributed by atoms with Crippen molar-refractivity contribution in [1.82, 2.24) is 5.32 Å². The molecule has 1 amide bonds. The van der Waals surface area contributed by atoms with Crippen molar-refractivity contribution in [2.45, 2.75) is 19.4 Å². The van der Waals surface area contributed by atoms with Crippen LogP contribution in [0.15, 0.2) is 0 Å². The van der Waals surface area contributed by atoms with E-state index in [4.69, 9.17) is 0 Å². The van der Waals surface area contributed by atoms with Crippen LogP contribution < -0.4 is 5.32 Å². The van der Waals surface area contributed by atoms with Crippen LogP contribution in [0.25, 0.3) is 0 Å². The molecule has 0 saturated carbocycles. The summed E-state index contributed by atoms with van der Waals surface area (Å²) in [6.45, 7) is 1.79. The number of esters is 1. The zero-order valence-corrected chi connectivity index (χ0v) is 6.09. The van der Waals surface area contributed by atoms with Gasteiger partial charge in [0, 0.05) is 0 Å². The van der Waals surface area contributed by atoms with Gasteiger partial charge in [0.15, 0.2) is 0 Å². The predicted octanol–water partition coefficient (Wildman–Crippen LogP) is -0.316. The molecule has 0 rings (SSSR count). The molecule has 0 aromatic carbocycles. The lowest BCUT2D eigenvalue weighted by Crippen LogP contribution is -2.35. The maximum Gasteiger partial charge on any atom is 0.328 e. The van der Waals surface area contributed by atoms with Gasteiger partial charge >= 0.3 is 5.97 Å². The van der Waals surface area contributed by atoms with Gasteiger partial charge in [-0.15, -0.1) is 0 Å². The first-order chi connectivity index (χ1) is 4.76. The SMILES string of the molecule is CCC(NC=O)C(=O)OC. The summed E-state index contributed by atoms with van der Waals surface area (Å²) in [4.78, 5) is 20.6. The second-order valence-corrected chi connectivity index (χ2v) is 1.77. The smallest absolute Gasteiger partial charge is 0.328 e. The molecule has 4 heteroatoms. The molecule has 0 spiro atoms. The molecule has 10 heavy (non-hydrogen) atoms. The zero-order valence-electron chi connectivity index (χ0n) is 6.09. The van der Waals surface area contributed by atoms with Crippen molar-refractivity contribution >= 4 is 12.4 Å². The fourth-order valence-corrected chi connectivity index (χ4v) is 0.577. The van der Waals surface area contributed by atoms with Gasteiger partial charge in [-0.2, -0.15) is 0 Å². The summed E-state index contributed by atoms with van der Waals surface area (Å²) in [7, 11) is 1.29. The molecule has 0 saturated heterocycles. The van der Waals surface area contributed by atoms with Crippen LogP contribution in [0, 0.1) is 0 Å². The third-order valence-corrected chi connectivity index (χ3v) is 1.16. The Morgan fingerprint density at radius 2 is 2.40 bits per heavy atom. The second-order valence-electron chi connectivity index (χ2n) is 1.77. The van der Waals surface area contributed by atoms with E-state index in [1.807, 2.05) is 0 Å². The quantitative estimate of drug-likeness (QED) is 0.436. The van der Waals surface area contributed by atoms with Gasteiger partial charge in [0.25, 0.3) is 0 Å². The van der Waals surface area contributed by atoms with E-state index in [1.54, 1.807) is 6.92 Å². The molecule has 0 aliphatic heterocycles. The molecule has 1 unspecified atom stereocenters. The Labute approximate surface area is 59.6 Å². The summed E-state index contributed by atoms with van der Waals surface area (Å²) in [5.74, 6) is -0.408. The first-order valence-electron chi connectivity index (χ1n) is 3.03. The molecule has 1 N–H and O–H groups in total. The number of rotatable bonds is 4. The van der Waals surface area contributed by atoms with Gasteiger partial charge in [-0.05, 0) is 6.42 Å². The van der Waals surface area contributed by atoms with E-state index in [1.165, 1.54) is 7.11 Å². The molecular weight excluding hydrogens is 134 g/mol. The summed E-state index contributed by atoms with van der Waals surface area (Å²) >= 11 is 0. The van der Waals surface area contributed by atoms with Crippen LogP contribution in [0.4, 0.5) is 0 Å².